The summed E-state index contributed by atoms with van der Waals surface area (Å²) in [4.78, 5) is 29.7. The zero-order valence-corrected chi connectivity index (χ0v) is 24.4. The topological polar surface area (TPSA) is 117 Å². The number of anilines is 1. The van der Waals surface area contributed by atoms with E-state index in [2.05, 4.69) is 20.6 Å². The molecule has 0 bridgehead atoms. The summed E-state index contributed by atoms with van der Waals surface area (Å²) in [5.41, 5.74) is 3.69. The van der Waals surface area contributed by atoms with Crippen LogP contribution in [0.1, 0.15) is 40.7 Å². The van der Waals surface area contributed by atoms with E-state index in [4.69, 9.17) is 37.4 Å². The van der Waals surface area contributed by atoms with Crippen LogP contribution in [0.4, 0.5) is 5.69 Å². The fraction of sp³-hybridized carbons (Fsp3) is 0.300. The van der Waals surface area contributed by atoms with Gasteiger partial charge in [-0.2, -0.15) is 0 Å². The Kier molecular flexibility index (Phi) is 7.61. The molecule has 0 radical (unpaired) electrons. The van der Waals surface area contributed by atoms with Gasteiger partial charge in [-0.1, -0.05) is 46.6 Å². The number of ether oxygens (including phenoxy) is 3. The molecule has 2 aliphatic rings. The standard InChI is InChI=1S/C30H27Cl2N5O5/c1-3-40-28(38)21-8-9-25(33-17(21)2)22-10-18(31)11-24(32)27(22)41-15-19-13-37(36-35-19)14-20-12-30(16-42-20)23-6-4-5-7-26(23)34-29(30)39/h4-11,13,20H,3,12,14-16H2,1-2H3,(H,34,39). The Balaban J connectivity index is 1.15. The van der Waals surface area contributed by atoms with E-state index in [9.17, 15) is 9.59 Å². The Morgan fingerprint density at radius 1 is 1.21 bits per heavy atom. The third-order valence-electron chi connectivity index (χ3n) is 7.47. The van der Waals surface area contributed by atoms with Crippen molar-refractivity contribution in [3.63, 3.8) is 0 Å². The third kappa shape index (κ3) is 5.21. The SMILES string of the molecule is CCOC(=O)c1ccc(-c2cc(Cl)cc(Cl)c2OCc2cn(CC3CC4(CO3)C(=O)Nc3ccccc34)nn2)nc1C. The number of amides is 1. The molecule has 12 heteroatoms. The predicted molar refractivity (Wildman–Crippen MR) is 156 cm³/mol. The molecule has 42 heavy (non-hydrogen) atoms. The molecule has 2 atom stereocenters. The second-order valence-electron chi connectivity index (χ2n) is 10.3. The zero-order valence-electron chi connectivity index (χ0n) is 22.9. The highest BCUT2D eigenvalue weighted by Gasteiger charge is 2.52. The van der Waals surface area contributed by atoms with Crippen LogP contribution in [-0.4, -0.2) is 51.2 Å². The molecule has 1 amide bonds. The van der Waals surface area contributed by atoms with Crippen molar-refractivity contribution in [2.45, 2.75) is 44.9 Å². The summed E-state index contributed by atoms with van der Waals surface area (Å²) in [6, 6.07) is 14.4. The molecule has 216 valence electrons. The molecule has 10 nitrogen and oxygen atoms in total. The Bertz CT molecular complexity index is 1690. The van der Waals surface area contributed by atoms with E-state index in [0.29, 0.717) is 63.6 Å². The number of aromatic nitrogens is 4. The maximum atomic E-state index is 12.9. The molecule has 0 aliphatic carbocycles. The number of pyridine rings is 1. The van der Waals surface area contributed by atoms with Crippen molar-refractivity contribution in [3.05, 3.63) is 87.3 Å². The van der Waals surface area contributed by atoms with Crippen molar-refractivity contribution < 1.29 is 23.8 Å². The quantitative estimate of drug-likeness (QED) is 0.265. The normalized spacial score (nSPS) is 19.1. The first-order valence-corrected chi connectivity index (χ1v) is 14.2. The molecule has 6 rings (SSSR count). The molecular formula is C30H27Cl2N5O5. The first-order chi connectivity index (χ1) is 20.3. The fourth-order valence-electron chi connectivity index (χ4n) is 5.49. The van der Waals surface area contributed by atoms with Crippen LogP contribution in [0.15, 0.2) is 54.7 Å². The zero-order chi connectivity index (χ0) is 29.4. The lowest BCUT2D eigenvalue weighted by atomic mass is 9.79. The van der Waals surface area contributed by atoms with Crippen LogP contribution >= 0.6 is 23.2 Å². The Labute approximate surface area is 251 Å². The highest BCUT2D eigenvalue weighted by Crippen LogP contribution is 2.45. The van der Waals surface area contributed by atoms with E-state index in [0.717, 1.165) is 11.3 Å². The molecular weight excluding hydrogens is 581 g/mol. The molecule has 2 aromatic carbocycles. The Morgan fingerprint density at radius 2 is 2.05 bits per heavy atom. The largest absolute Gasteiger partial charge is 0.485 e. The van der Waals surface area contributed by atoms with Gasteiger partial charge in [-0.25, -0.2) is 9.48 Å². The van der Waals surface area contributed by atoms with Crippen LogP contribution < -0.4 is 10.1 Å². The van der Waals surface area contributed by atoms with E-state index in [1.165, 1.54) is 0 Å². The number of hydrogen-bond acceptors (Lipinski definition) is 8. The number of hydrogen-bond donors (Lipinski definition) is 1. The van der Waals surface area contributed by atoms with Gasteiger partial charge in [0.1, 0.15) is 23.5 Å². The van der Waals surface area contributed by atoms with Crippen molar-refractivity contribution in [2.75, 3.05) is 18.5 Å². The van der Waals surface area contributed by atoms with Gasteiger partial charge in [-0.15, -0.1) is 5.10 Å². The summed E-state index contributed by atoms with van der Waals surface area (Å²) in [5.74, 6) is -0.0969. The minimum atomic E-state index is -0.684. The van der Waals surface area contributed by atoms with Crippen molar-refractivity contribution in [2.24, 2.45) is 0 Å². The number of halogens is 2. The summed E-state index contributed by atoms with van der Waals surface area (Å²) in [6.07, 6.45) is 2.12. The number of benzene rings is 2. The van der Waals surface area contributed by atoms with Gasteiger partial charge in [0, 0.05) is 16.3 Å². The molecule has 2 aliphatic heterocycles. The maximum absolute atomic E-state index is 12.9. The lowest BCUT2D eigenvalue weighted by molar-refractivity contribution is -0.120. The smallest absolute Gasteiger partial charge is 0.339 e. The number of nitrogens with zero attached hydrogens (tertiary/aromatic N) is 4. The van der Waals surface area contributed by atoms with Crippen molar-refractivity contribution in [1.82, 2.24) is 20.0 Å². The highest BCUT2D eigenvalue weighted by molar-refractivity contribution is 6.36. The minimum absolute atomic E-state index is 0.0326. The van der Waals surface area contributed by atoms with Crippen molar-refractivity contribution in [1.29, 1.82) is 0 Å². The van der Waals surface area contributed by atoms with Gasteiger partial charge in [0.25, 0.3) is 0 Å². The lowest BCUT2D eigenvalue weighted by Crippen LogP contribution is -2.35. The number of para-hydroxylation sites is 1. The Morgan fingerprint density at radius 3 is 2.86 bits per heavy atom. The lowest BCUT2D eigenvalue weighted by Gasteiger charge is -2.19. The van der Waals surface area contributed by atoms with E-state index in [1.54, 1.807) is 49.0 Å². The first-order valence-electron chi connectivity index (χ1n) is 13.5. The van der Waals surface area contributed by atoms with Gasteiger partial charge < -0.3 is 19.5 Å². The van der Waals surface area contributed by atoms with E-state index in [-0.39, 0.29) is 25.2 Å². The van der Waals surface area contributed by atoms with Crippen LogP contribution in [0, 0.1) is 6.92 Å². The van der Waals surface area contributed by atoms with Gasteiger partial charge in [0.05, 0.1) is 54.0 Å². The summed E-state index contributed by atoms with van der Waals surface area (Å²) in [5, 5.41) is 12.2. The Hall–Kier alpha value is -3.99. The molecule has 2 aromatic heterocycles. The van der Waals surface area contributed by atoms with Gasteiger partial charge in [-0.05, 0) is 56.2 Å². The average molecular weight is 608 g/mol. The molecule has 1 spiro atoms. The van der Waals surface area contributed by atoms with Crippen LogP contribution in [0.25, 0.3) is 11.3 Å². The molecule has 4 aromatic rings. The van der Waals surface area contributed by atoms with Crippen molar-refractivity contribution in [3.8, 4) is 17.0 Å². The van der Waals surface area contributed by atoms with E-state index in [1.807, 2.05) is 24.3 Å². The number of rotatable bonds is 8. The summed E-state index contributed by atoms with van der Waals surface area (Å²) < 4.78 is 19.0. The molecule has 1 fully saturated rings. The van der Waals surface area contributed by atoms with Crippen LogP contribution in [0.2, 0.25) is 10.0 Å². The molecule has 1 N–H and O–H groups in total. The summed E-state index contributed by atoms with van der Waals surface area (Å²) in [6.45, 7) is 4.59. The molecule has 2 unspecified atom stereocenters. The molecule has 0 saturated carbocycles. The predicted octanol–water partition coefficient (Wildman–Crippen LogP) is 5.39. The summed E-state index contributed by atoms with van der Waals surface area (Å²) in [7, 11) is 0. The average Bonchev–Trinajstić information content (AvgIpc) is 3.66. The number of carbonyl (C=O) groups excluding carboxylic acids is 2. The van der Waals surface area contributed by atoms with Gasteiger partial charge >= 0.3 is 5.97 Å². The highest BCUT2D eigenvalue weighted by atomic mass is 35.5. The number of nitrogens with one attached hydrogen (secondary N) is 1. The first kappa shape index (κ1) is 28.1. The van der Waals surface area contributed by atoms with E-state index >= 15 is 0 Å². The second kappa shape index (κ2) is 11.4. The minimum Gasteiger partial charge on any atom is -0.485 e. The maximum Gasteiger partial charge on any atom is 0.339 e. The number of aryl methyl sites for hydroxylation is 1. The third-order valence-corrected chi connectivity index (χ3v) is 7.97. The van der Waals surface area contributed by atoms with Gasteiger partial charge in [0.15, 0.2) is 0 Å². The van der Waals surface area contributed by atoms with Crippen LogP contribution in [0.5, 0.6) is 5.75 Å². The second-order valence-corrected chi connectivity index (χ2v) is 11.1. The van der Waals surface area contributed by atoms with Crippen molar-refractivity contribution >= 4 is 40.8 Å². The van der Waals surface area contributed by atoms with Gasteiger partial charge in [-0.3, -0.25) is 9.78 Å². The fourth-order valence-corrected chi connectivity index (χ4v) is 6.03. The molecule has 1 saturated heterocycles. The van der Waals surface area contributed by atoms with Crippen LogP contribution in [-0.2, 0) is 32.8 Å². The van der Waals surface area contributed by atoms with Crippen LogP contribution in [0.3, 0.4) is 0 Å². The van der Waals surface area contributed by atoms with E-state index < -0.39 is 11.4 Å². The number of carbonyl (C=O) groups is 2. The number of esters is 1. The monoisotopic (exact) mass is 607 g/mol. The van der Waals surface area contributed by atoms with Gasteiger partial charge in [0.2, 0.25) is 5.91 Å². The molecule has 4 heterocycles. The number of fused-ring (bicyclic) bond motifs is 2. The summed E-state index contributed by atoms with van der Waals surface area (Å²) >= 11 is 12.9.